The van der Waals surface area contributed by atoms with Gasteiger partial charge in [-0.1, -0.05) is 24.3 Å². The molecule has 3 aromatic rings. The van der Waals surface area contributed by atoms with E-state index >= 15 is 0 Å². The summed E-state index contributed by atoms with van der Waals surface area (Å²) in [5, 5.41) is 4.47. The lowest BCUT2D eigenvalue weighted by atomic mass is 9.80. The molecule has 7 nitrogen and oxygen atoms in total. The number of Topliss-reactive ketones (excluding diaryl/α,β-unsaturated/α-hetero) is 1. The molecule has 1 aliphatic rings. The molecule has 0 amide bonds. The van der Waals surface area contributed by atoms with E-state index in [1.807, 2.05) is 36.6 Å². The van der Waals surface area contributed by atoms with Crippen LogP contribution in [0.1, 0.15) is 62.5 Å². The molecule has 30 heavy (non-hydrogen) atoms. The minimum Gasteiger partial charge on any atom is -0.382 e. The van der Waals surface area contributed by atoms with Crippen LogP contribution in [0.15, 0.2) is 30.6 Å². The summed E-state index contributed by atoms with van der Waals surface area (Å²) < 4.78 is 1.84. The zero-order chi connectivity index (χ0) is 21.3. The van der Waals surface area contributed by atoms with Gasteiger partial charge in [-0.25, -0.2) is 14.5 Å². The topological polar surface area (TPSA) is 102 Å². The number of fused-ring (bicyclic) bond motifs is 1. The van der Waals surface area contributed by atoms with Crippen LogP contribution in [-0.4, -0.2) is 30.3 Å². The predicted molar refractivity (Wildman–Crippen MR) is 119 cm³/mol. The number of allylic oxidation sites excluding steroid dienone is 3. The van der Waals surface area contributed by atoms with E-state index in [4.69, 9.17) is 10.7 Å². The molecule has 4 rings (SSSR count). The Kier molecular flexibility index (Phi) is 5.53. The van der Waals surface area contributed by atoms with Crippen LogP contribution in [0.4, 0.5) is 5.82 Å². The maximum Gasteiger partial charge on any atom is 0.153 e. The fourth-order valence-electron chi connectivity index (χ4n) is 4.33. The first-order valence-corrected chi connectivity index (χ1v) is 10.5. The van der Waals surface area contributed by atoms with Gasteiger partial charge in [-0.15, -0.1) is 0 Å². The number of carbonyl (C=O) groups excluding carboxylic acids is 1. The van der Waals surface area contributed by atoms with Gasteiger partial charge in [-0.2, -0.15) is 5.10 Å². The molecule has 1 fully saturated rings. The average Bonchev–Trinajstić information content (AvgIpc) is 3.30. The van der Waals surface area contributed by atoms with Crippen molar-refractivity contribution in [2.45, 2.75) is 52.4 Å². The lowest BCUT2D eigenvalue weighted by Crippen LogP contribution is -2.20. The van der Waals surface area contributed by atoms with Crippen LogP contribution in [0, 0.1) is 12.8 Å². The number of anilines is 1. The predicted octanol–water partition coefficient (Wildman–Crippen LogP) is 4.46. The Hall–Kier alpha value is -3.22. The van der Waals surface area contributed by atoms with E-state index in [0.29, 0.717) is 5.82 Å². The first-order valence-electron chi connectivity index (χ1n) is 10.5. The summed E-state index contributed by atoms with van der Waals surface area (Å²) >= 11 is 0. The fraction of sp³-hybridized carbons (Fsp3) is 0.391. The molecule has 1 aliphatic carbocycles. The lowest BCUT2D eigenvalue weighted by molar-refractivity contribution is -0.121. The molecule has 0 bridgehead atoms. The Balaban J connectivity index is 1.75. The summed E-state index contributed by atoms with van der Waals surface area (Å²) in [7, 11) is 0. The molecule has 7 heteroatoms. The van der Waals surface area contributed by atoms with Crippen molar-refractivity contribution in [1.82, 2.24) is 24.6 Å². The van der Waals surface area contributed by atoms with E-state index in [9.17, 15) is 4.79 Å². The Labute approximate surface area is 176 Å². The average molecular weight is 405 g/mol. The number of imidazole rings is 1. The number of carbonyl (C=O) groups is 1. The highest BCUT2D eigenvalue weighted by atomic mass is 16.1. The van der Waals surface area contributed by atoms with Crippen molar-refractivity contribution >= 4 is 23.2 Å². The number of nitrogens with zero attached hydrogens (tertiary/aromatic N) is 4. The normalized spacial score (nSPS) is 20.0. The van der Waals surface area contributed by atoms with Gasteiger partial charge in [0.25, 0.3) is 0 Å². The van der Waals surface area contributed by atoms with Crippen LogP contribution in [0.3, 0.4) is 0 Å². The van der Waals surface area contributed by atoms with Gasteiger partial charge in [0.15, 0.2) is 5.82 Å². The first-order chi connectivity index (χ1) is 14.5. The Morgan fingerprint density at radius 3 is 2.73 bits per heavy atom. The Morgan fingerprint density at radius 1 is 1.27 bits per heavy atom. The SMILES string of the molecule is C/C=C/C=C\c1cc(-c2nc(C3CCC(C(C)=O)CC3)n3ncnc(N)c23)[nH]c1C. The highest BCUT2D eigenvalue weighted by Gasteiger charge is 2.30. The van der Waals surface area contributed by atoms with E-state index < -0.39 is 0 Å². The third-order valence-corrected chi connectivity index (χ3v) is 6.04. The molecule has 0 saturated heterocycles. The summed E-state index contributed by atoms with van der Waals surface area (Å²) in [6.45, 7) is 5.73. The monoisotopic (exact) mass is 404 g/mol. The van der Waals surface area contributed by atoms with Crippen LogP contribution in [0.2, 0.25) is 0 Å². The van der Waals surface area contributed by atoms with E-state index in [1.54, 1.807) is 6.92 Å². The molecule has 0 aromatic carbocycles. The number of hydrogen-bond donors (Lipinski definition) is 2. The van der Waals surface area contributed by atoms with Crippen molar-refractivity contribution < 1.29 is 4.79 Å². The number of nitrogen functional groups attached to an aromatic ring is 1. The van der Waals surface area contributed by atoms with Gasteiger partial charge in [0.05, 0.1) is 5.69 Å². The van der Waals surface area contributed by atoms with Crippen LogP contribution >= 0.6 is 0 Å². The molecule has 3 aromatic heterocycles. The van der Waals surface area contributed by atoms with Crippen LogP contribution in [0.25, 0.3) is 23.0 Å². The quantitative estimate of drug-likeness (QED) is 0.611. The molecule has 0 unspecified atom stereocenters. The number of aromatic amines is 1. The van der Waals surface area contributed by atoms with Crippen molar-refractivity contribution in [1.29, 1.82) is 0 Å². The van der Waals surface area contributed by atoms with Gasteiger partial charge < -0.3 is 10.7 Å². The van der Waals surface area contributed by atoms with Crippen LogP contribution < -0.4 is 5.73 Å². The number of aromatic nitrogens is 5. The number of aryl methyl sites for hydroxylation is 1. The fourth-order valence-corrected chi connectivity index (χ4v) is 4.33. The number of nitrogens with one attached hydrogen (secondary N) is 1. The van der Waals surface area contributed by atoms with Gasteiger partial charge in [0.2, 0.25) is 0 Å². The van der Waals surface area contributed by atoms with Crippen molar-refractivity contribution in [3.63, 3.8) is 0 Å². The van der Waals surface area contributed by atoms with Crippen molar-refractivity contribution in [3.8, 4) is 11.4 Å². The molecule has 0 aliphatic heterocycles. The molecular formula is C23H28N6O. The molecule has 0 spiro atoms. The van der Waals surface area contributed by atoms with E-state index in [1.165, 1.54) is 6.33 Å². The molecule has 1 saturated carbocycles. The van der Waals surface area contributed by atoms with Crippen molar-refractivity contribution in [2.24, 2.45) is 5.92 Å². The van der Waals surface area contributed by atoms with Crippen molar-refractivity contribution in [3.05, 3.63) is 47.7 Å². The Bertz CT molecular complexity index is 1130. The summed E-state index contributed by atoms with van der Waals surface area (Å²) in [5.41, 5.74) is 10.8. The van der Waals surface area contributed by atoms with Crippen LogP contribution in [0.5, 0.6) is 0 Å². The molecule has 0 atom stereocenters. The lowest BCUT2D eigenvalue weighted by Gasteiger charge is -2.25. The van der Waals surface area contributed by atoms with Gasteiger partial charge in [-0.05, 0) is 58.1 Å². The highest BCUT2D eigenvalue weighted by molar-refractivity contribution is 5.84. The number of rotatable bonds is 5. The number of hydrogen-bond acceptors (Lipinski definition) is 5. The highest BCUT2D eigenvalue weighted by Crippen LogP contribution is 2.38. The summed E-state index contributed by atoms with van der Waals surface area (Å²) in [6.07, 6.45) is 13.2. The smallest absolute Gasteiger partial charge is 0.153 e. The van der Waals surface area contributed by atoms with Crippen LogP contribution in [-0.2, 0) is 4.79 Å². The van der Waals surface area contributed by atoms with Crippen molar-refractivity contribution in [2.75, 3.05) is 5.73 Å². The molecular weight excluding hydrogens is 376 g/mol. The number of H-pyrrole nitrogens is 1. The van der Waals surface area contributed by atoms with Gasteiger partial charge in [0, 0.05) is 17.5 Å². The second kappa shape index (κ2) is 8.26. The summed E-state index contributed by atoms with van der Waals surface area (Å²) in [4.78, 5) is 24.4. The summed E-state index contributed by atoms with van der Waals surface area (Å²) in [6, 6.07) is 2.08. The minimum absolute atomic E-state index is 0.171. The van der Waals surface area contributed by atoms with Gasteiger partial charge >= 0.3 is 0 Å². The standard InChI is InChI=1S/C23H28N6O/c1-4-5-6-7-18-12-19(27-14(18)2)20-21-22(24)25-13-26-29(21)23(28-20)17-10-8-16(9-11-17)15(3)30/h4-7,12-13,16-17,27H,8-11H2,1-3H3,(H2,24,25,26)/b5-4+,7-6-. The maximum absolute atomic E-state index is 11.7. The van der Waals surface area contributed by atoms with E-state index in [0.717, 1.165) is 59.7 Å². The maximum atomic E-state index is 11.7. The number of ketones is 1. The summed E-state index contributed by atoms with van der Waals surface area (Å²) in [5.74, 6) is 2.02. The largest absolute Gasteiger partial charge is 0.382 e. The molecule has 156 valence electrons. The van der Waals surface area contributed by atoms with Gasteiger partial charge in [0.1, 0.15) is 29.1 Å². The molecule has 3 heterocycles. The second-order valence-electron chi connectivity index (χ2n) is 8.03. The third-order valence-electron chi connectivity index (χ3n) is 6.04. The zero-order valence-electron chi connectivity index (χ0n) is 17.7. The number of nitrogens with two attached hydrogens (primary N) is 1. The second-order valence-corrected chi connectivity index (χ2v) is 8.03. The Morgan fingerprint density at radius 2 is 2.03 bits per heavy atom. The van der Waals surface area contributed by atoms with Gasteiger partial charge in [-0.3, -0.25) is 4.79 Å². The third kappa shape index (κ3) is 3.67. The minimum atomic E-state index is 0.171. The zero-order valence-corrected chi connectivity index (χ0v) is 17.7. The molecule has 3 N–H and O–H groups in total. The first kappa shape index (κ1) is 20.1. The van der Waals surface area contributed by atoms with E-state index in [2.05, 4.69) is 27.2 Å². The van der Waals surface area contributed by atoms with E-state index in [-0.39, 0.29) is 17.6 Å². The molecule has 0 radical (unpaired) electrons.